The molecule has 2 aromatic rings. The summed E-state index contributed by atoms with van der Waals surface area (Å²) in [5, 5.41) is 4.75. The highest BCUT2D eigenvalue weighted by molar-refractivity contribution is 6.41. The van der Waals surface area contributed by atoms with Crippen LogP contribution in [0.5, 0.6) is 5.75 Å². The summed E-state index contributed by atoms with van der Waals surface area (Å²) in [6, 6.07) is 11.2. The summed E-state index contributed by atoms with van der Waals surface area (Å²) in [5.41, 5.74) is 1.76. The molecule has 0 aliphatic heterocycles. The molecule has 0 saturated heterocycles. The molecular formula is C16H16Cl3NO. The number of benzene rings is 2. The number of ether oxygens (including phenoxy) is 1. The van der Waals surface area contributed by atoms with Crippen LogP contribution in [0.1, 0.15) is 19.4 Å². The minimum atomic E-state index is 0.147. The molecule has 0 heterocycles. The zero-order chi connectivity index (χ0) is 15.4. The summed E-state index contributed by atoms with van der Waals surface area (Å²) in [6.45, 7) is 4.59. The summed E-state index contributed by atoms with van der Waals surface area (Å²) in [6.07, 6.45) is 0.147. The van der Waals surface area contributed by atoms with Crippen LogP contribution < -0.4 is 10.1 Å². The van der Waals surface area contributed by atoms with Crippen LogP contribution in [0, 0.1) is 0 Å². The molecule has 0 radical (unpaired) electrons. The Hall–Kier alpha value is -1.09. The largest absolute Gasteiger partial charge is 0.491 e. The molecule has 2 aromatic carbocycles. The second-order valence-corrected chi connectivity index (χ2v) is 6.16. The number of anilines is 1. The van der Waals surface area contributed by atoms with Gasteiger partial charge in [-0.2, -0.15) is 0 Å². The van der Waals surface area contributed by atoms with Crippen LogP contribution in [-0.2, 0) is 6.54 Å². The Morgan fingerprint density at radius 2 is 1.71 bits per heavy atom. The van der Waals surface area contributed by atoms with Crippen LogP contribution >= 0.6 is 34.8 Å². The SMILES string of the molecule is CC(C)Oc1cccc(CNc2c(Cl)cc(Cl)cc2Cl)c1. The van der Waals surface area contributed by atoms with E-state index in [1.807, 2.05) is 38.1 Å². The van der Waals surface area contributed by atoms with Crippen LogP contribution in [0.3, 0.4) is 0 Å². The van der Waals surface area contributed by atoms with Crippen molar-refractivity contribution < 1.29 is 4.74 Å². The zero-order valence-electron chi connectivity index (χ0n) is 11.8. The molecule has 0 fully saturated rings. The van der Waals surface area contributed by atoms with Crippen molar-refractivity contribution in [1.82, 2.24) is 0 Å². The Balaban J connectivity index is 2.10. The maximum Gasteiger partial charge on any atom is 0.120 e. The number of halogens is 3. The number of hydrogen-bond donors (Lipinski definition) is 1. The van der Waals surface area contributed by atoms with E-state index in [0.717, 1.165) is 11.3 Å². The van der Waals surface area contributed by atoms with Crippen molar-refractivity contribution in [2.24, 2.45) is 0 Å². The van der Waals surface area contributed by atoms with Gasteiger partial charge in [-0.25, -0.2) is 0 Å². The molecule has 5 heteroatoms. The van der Waals surface area contributed by atoms with Crippen molar-refractivity contribution in [3.63, 3.8) is 0 Å². The first-order chi connectivity index (χ1) is 9.95. The molecule has 112 valence electrons. The number of hydrogen-bond acceptors (Lipinski definition) is 2. The van der Waals surface area contributed by atoms with Crippen molar-refractivity contribution in [3.8, 4) is 5.75 Å². The van der Waals surface area contributed by atoms with Gasteiger partial charge in [0.1, 0.15) is 5.75 Å². The third-order valence-corrected chi connectivity index (χ3v) is 3.56. The lowest BCUT2D eigenvalue weighted by Gasteiger charge is -2.13. The molecule has 0 aromatic heterocycles. The van der Waals surface area contributed by atoms with Crippen molar-refractivity contribution in [2.45, 2.75) is 26.5 Å². The van der Waals surface area contributed by atoms with Crippen molar-refractivity contribution in [1.29, 1.82) is 0 Å². The topological polar surface area (TPSA) is 21.3 Å². The van der Waals surface area contributed by atoms with Crippen LogP contribution in [0.15, 0.2) is 36.4 Å². The van der Waals surface area contributed by atoms with E-state index in [0.29, 0.717) is 27.3 Å². The van der Waals surface area contributed by atoms with Gasteiger partial charge in [-0.05, 0) is 43.7 Å². The standard InChI is InChI=1S/C16H16Cl3NO/c1-10(2)21-13-5-3-4-11(6-13)9-20-16-14(18)7-12(17)8-15(16)19/h3-8,10,20H,9H2,1-2H3. The maximum absolute atomic E-state index is 6.15. The molecule has 1 N–H and O–H groups in total. The summed E-state index contributed by atoms with van der Waals surface area (Å²) in [4.78, 5) is 0. The molecule has 0 aliphatic carbocycles. The quantitative estimate of drug-likeness (QED) is 0.713. The highest BCUT2D eigenvalue weighted by atomic mass is 35.5. The normalized spacial score (nSPS) is 10.8. The van der Waals surface area contributed by atoms with Gasteiger partial charge < -0.3 is 10.1 Å². The fraction of sp³-hybridized carbons (Fsp3) is 0.250. The van der Waals surface area contributed by atoms with E-state index in [1.165, 1.54) is 0 Å². The maximum atomic E-state index is 6.15. The van der Waals surface area contributed by atoms with Crippen molar-refractivity contribution >= 4 is 40.5 Å². The third-order valence-electron chi connectivity index (χ3n) is 2.75. The summed E-state index contributed by atoms with van der Waals surface area (Å²) in [5.74, 6) is 0.845. The second kappa shape index (κ2) is 7.26. The minimum absolute atomic E-state index is 0.147. The van der Waals surface area contributed by atoms with Gasteiger partial charge >= 0.3 is 0 Å². The zero-order valence-corrected chi connectivity index (χ0v) is 14.1. The second-order valence-electron chi connectivity index (χ2n) is 4.91. The Morgan fingerprint density at radius 3 is 2.33 bits per heavy atom. The monoisotopic (exact) mass is 343 g/mol. The van der Waals surface area contributed by atoms with Crippen LogP contribution in [-0.4, -0.2) is 6.10 Å². The lowest BCUT2D eigenvalue weighted by Crippen LogP contribution is -2.06. The molecule has 0 aliphatic rings. The van der Waals surface area contributed by atoms with E-state index in [9.17, 15) is 0 Å². The molecule has 0 spiro atoms. The molecule has 0 saturated carbocycles. The summed E-state index contributed by atoms with van der Waals surface area (Å²) in [7, 11) is 0. The minimum Gasteiger partial charge on any atom is -0.491 e. The molecule has 0 bridgehead atoms. The van der Waals surface area contributed by atoms with Crippen LogP contribution in [0.2, 0.25) is 15.1 Å². The highest BCUT2D eigenvalue weighted by Crippen LogP contribution is 2.34. The molecular weight excluding hydrogens is 329 g/mol. The van der Waals surface area contributed by atoms with Crippen LogP contribution in [0.25, 0.3) is 0 Å². The van der Waals surface area contributed by atoms with E-state index in [-0.39, 0.29) is 6.10 Å². The molecule has 2 nitrogen and oxygen atoms in total. The molecule has 21 heavy (non-hydrogen) atoms. The van der Waals surface area contributed by atoms with E-state index in [4.69, 9.17) is 39.5 Å². The lowest BCUT2D eigenvalue weighted by atomic mass is 10.2. The van der Waals surface area contributed by atoms with E-state index < -0.39 is 0 Å². The molecule has 0 unspecified atom stereocenters. The van der Waals surface area contributed by atoms with Gasteiger partial charge in [-0.15, -0.1) is 0 Å². The fourth-order valence-electron chi connectivity index (χ4n) is 1.90. The van der Waals surface area contributed by atoms with Gasteiger partial charge in [0.05, 0.1) is 21.8 Å². The lowest BCUT2D eigenvalue weighted by molar-refractivity contribution is 0.242. The highest BCUT2D eigenvalue weighted by Gasteiger charge is 2.08. The van der Waals surface area contributed by atoms with E-state index in [2.05, 4.69) is 5.32 Å². The van der Waals surface area contributed by atoms with E-state index >= 15 is 0 Å². The van der Waals surface area contributed by atoms with E-state index in [1.54, 1.807) is 12.1 Å². The average Bonchev–Trinajstić information content (AvgIpc) is 2.37. The number of nitrogens with one attached hydrogen (secondary N) is 1. The third kappa shape index (κ3) is 4.70. The Bertz CT molecular complexity index is 606. The van der Waals surface area contributed by atoms with Gasteiger partial charge in [0.25, 0.3) is 0 Å². The first kappa shape index (κ1) is 16.3. The Labute approximate surface area is 140 Å². The van der Waals surface area contributed by atoms with Crippen LogP contribution in [0.4, 0.5) is 5.69 Å². The first-order valence-corrected chi connectivity index (χ1v) is 7.73. The average molecular weight is 345 g/mol. The first-order valence-electron chi connectivity index (χ1n) is 6.59. The number of rotatable bonds is 5. The van der Waals surface area contributed by atoms with Gasteiger partial charge in [-0.1, -0.05) is 46.9 Å². The van der Waals surface area contributed by atoms with Gasteiger partial charge in [0.15, 0.2) is 0 Å². The van der Waals surface area contributed by atoms with Gasteiger partial charge in [0, 0.05) is 11.6 Å². The molecule has 0 atom stereocenters. The van der Waals surface area contributed by atoms with Gasteiger partial charge in [0.2, 0.25) is 0 Å². The molecule has 0 amide bonds. The van der Waals surface area contributed by atoms with Gasteiger partial charge in [-0.3, -0.25) is 0 Å². The summed E-state index contributed by atoms with van der Waals surface area (Å²) < 4.78 is 5.67. The Kier molecular flexibility index (Phi) is 5.63. The van der Waals surface area contributed by atoms with Crippen molar-refractivity contribution in [2.75, 3.05) is 5.32 Å². The van der Waals surface area contributed by atoms with Crippen molar-refractivity contribution in [3.05, 3.63) is 57.0 Å². The smallest absolute Gasteiger partial charge is 0.120 e. The fourth-order valence-corrected chi connectivity index (χ4v) is 2.85. The molecule has 2 rings (SSSR count). The summed E-state index contributed by atoms with van der Waals surface area (Å²) >= 11 is 18.2. The Morgan fingerprint density at radius 1 is 1.05 bits per heavy atom. The predicted molar refractivity (Wildman–Crippen MR) is 91.0 cm³/mol. The predicted octanol–water partition coefficient (Wildman–Crippen LogP) is 6.05.